The summed E-state index contributed by atoms with van der Waals surface area (Å²) in [6, 6.07) is 3.55. The number of rotatable bonds is 7. The topological polar surface area (TPSA) is 84.5 Å². The number of nitrogens with one attached hydrogen (secondary N) is 2. The predicted octanol–water partition coefficient (Wildman–Crippen LogP) is 2.42. The smallest absolute Gasteiger partial charge is 0.416 e. The van der Waals surface area contributed by atoms with Crippen molar-refractivity contribution >= 4 is 17.9 Å². The van der Waals surface area contributed by atoms with Gasteiger partial charge in [-0.3, -0.25) is 14.9 Å². The molecule has 9 heteroatoms. The van der Waals surface area contributed by atoms with Crippen LogP contribution in [-0.2, 0) is 26.9 Å². The van der Waals surface area contributed by atoms with E-state index in [1.54, 1.807) is 0 Å². The molecule has 0 saturated heterocycles. The lowest BCUT2D eigenvalue weighted by molar-refractivity contribution is -0.147. The summed E-state index contributed by atoms with van der Waals surface area (Å²) < 4.78 is 42.4. The van der Waals surface area contributed by atoms with Crippen LogP contribution in [0.15, 0.2) is 24.3 Å². The number of urea groups is 1. The summed E-state index contributed by atoms with van der Waals surface area (Å²) in [5.74, 6) is -1.70. The summed E-state index contributed by atoms with van der Waals surface area (Å²) in [5.41, 5.74) is -0.767. The summed E-state index contributed by atoms with van der Waals surface area (Å²) in [5, 5.41) is 4.42. The molecule has 0 aliphatic heterocycles. The highest BCUT2D eigenvalue weighted by atomic mass is 19.4. The van der Waals surface area contributed by atoms with Crippen LogP contribution in [0.25, 0.3) is 0 Å². The first-order chi connectivity index (χ1) is 11.7. The highest BCUT2D eigenvalue weighted by molar-refractivity contribution is 5.95. The Labute approximate surface area is 142 Å². The molecule has 0 fully saturated rings. The first-order valence-corrected chi connectivity index (χ1v) is 7.61. The molecule has 138 valence electrons. The molecule has 0 radical (unpaired) electrons. The molecule has 0 aromatic heterocycles. The zero-order valence-corrected chi connectivity index (χ0v) is 13.6. The van der Waals surface area contributed by atoms with Gasteiger partial charge in [0.1, 0.15) is 0 Å². The molecule has 0 bridgehead atoms. The molecular formula is C16H19F3N2O4. The van der Waals surface area contributed by atoms with E-state index in [0.717, 1.165) is 25.0 Å². The number of imide groups is 1. The third kappa shape index (κ3) is 8.18. The number of benzene rings is 1. The average Bonchev–Trinajstić information content (AvgIpc) is 2.52. The molecule has 25 heavy (non-hydrogen) atoms. The van der Waals surface area contributed by atoms with Crippen LogP contribution < -0.4 is 10.6 Å². The maximum atomic E-state index is 12.6. The summed E-state index contributed by atoms with van der Waals surface area (Å²) in [7, 11) is 0. The van der Waals surface area contributed by atoms with Crippen LogP contribution in [0.3, 0.4) is 0 Å². The summed E-state index contributed by atoms with van der Waals surface area (Å²) >= 11 is 0. The fourth-order valence-corrected chi connectivity index (χ4v) is 1.81. The van der Waals surface area contributed by atoms with Crippen molar-refractivity contribution in [1.82, 2.24) is 10.6 Å². The van der Waals surface area contributed by atoms with Crippen LogP contribution in [0, 0.1) is 0 Å². The molecule has 0 saturated carbocycles. The van der Waals surface area contributed by atoms with E-state index in [2.05, 4.69) is 10.1 Å². The van der Waals surface area contributed by atoms with Crippen molar-refractivity contribution < 1.29 is 32.3 Å². The van der Waals surface area contributed by atoms with Crippen LogP contribution in [0.4, 0.5) is 18.0 Å². The van der Waals surface area contributed by atoms with Crippen molar-refractivity contribution in [2.75, 3.05) is 13.2 Å². The number of carbonyl (C=O) groups excluding carboxylic acids is 3. The lowest BCUT2D eigenvalue weighted by atomic mass is 10.1. The van der Waals surface area contributed by atoms with E-state index in [9.17, 15) is 27.6 Å². The van der Waals surface area contributed by atoms with Gasteiger partial charge < -0.3 is 10.1 Å². The summed E-state index contributed by atoms with van der Waals surface area (Å²) in [6.45, 7) is 1.65. The van der Waals surface area contributed by atoms with E-state index in [4.69, 9.17) is 0 Å². The second kappa shape index (κ2) is 9.65. The Hall–Kier alpha value is -2.58. The normalized spacial score (nSPS) is 10.9. The number of alkyl halides is 3. The summed E-state index contributed by atoms with van der Waals surface area (Å²) in [6.07, 6.45) is -3.29. The minimum atomic E-state index is -4.51. The van der Waals surface area contributed by atoms with Crippen molar-refractivity contribution in [3.63, 3.8) is 0 Å². The Morgan fingerprint density at radius 3 is 2.56 bits per heavy atom. The lowest BCUT2D eigenvalue weighted by Gasteiger charge is -2.09. The fourth-order valence-electron chi connectivity index (χ4n) is 1.81. The van der Waals surface area contributed by atoms with Gasteiger partial charge in [0.15, 0.2) is 6.61 Å². The number of unbranched alkanes of at least 4 members (excludes halogenated alkanes) is 1. The van der Waals surface area contributed by atoms with Gasteiger partial charge in [0.05, 0.1) is 12.0 Å². The molecule has 1 rings (SSSR count). The zero-order chi connectivity index (χ0) is 18.9. The molecule has 0 aliphatic rings. The zero-order valence-electron chi connectivity index (χ0n) is 13.6. The molecule has 0 spiro atoms. The van der Waals surface area contributed by atoms with Crippen LogP contribution in [-0.4, -0.2) is 31.1 Å². The molecule has 3 amide bonds. The molecule has 0 heterocycles. The van der Waals surface area contributed by atoms with Gasteiger partial charge in [-0.1, -0.05) is 31.5 Å². The average molecular weight is 360 g/mol. The van der Waals surface area contributed by atoms with E-state index in [0.29, 0.717) is 6.54 Å². The van der Waals surface area contributed by atoms with E-state index >= 15 is 0 Å². The van der Waals surface area contributed by atoms with Gasteiger partial charge >= 0.3 is 18.2 Å². The van der Waals surface area contributed by atoms with Crippen molar-refractivity contribution in [1.29, 1.82) is 0 Å². The van der Waals surface area contributed by atoms with Gasteiger partial charge in [0, 0.05) is 6.54 Å². The van der Waals surface area contributed by atoms with Crippen LogP contribution in [0.1, 0.15) is 30.9 Å². The Balaban J connectivity index is 2.40. The maximum absolute atomic E-state index is 12.6. The Kier molecular flexibility index (Phi) is 7.90. The lowest BCUT2D eigenvalue weighted by Crippen LogP contribution is -2.41. The van der Waals surface area contributed by atoms with Gasteiger partial charge in [0.25, 0.3) is 5.91 Å². The maximum Gasteiger partial charge on any atom is 0.416 e. The number of esters is 1. The predicted molar refractivity (Wildman–Crippen MR) is 82.6 cm³/mol. The molecule has 0 atom stereocenters. The molecule has 0 unspecified atom stereocenters. The van der Waals surface area contributed by atoms with Gasteiger partial charge in [-0.05, 0) is 18.1 Å². The standard InChI is InChI=1S/C16H19F3N2O4/c1-2-3-7-20-15(24)21-13(22)10-25-14(23)9-11-5-4-6-12(8-11)16(17,18)19/h4-6,8H,2-3,7,9-10H2,1H3,(H2,20,21,22,24). The number of amides is 3. The van der Waals surface area contributed by atoms with Gasteiger partial charge in [0.2, 0.25) is 0 Å². The van der Waals surface area contributed by atoms with Crippen LogP contribution in [0.5, 0.6) is 0 Å². The second-order valence-corrected chi connectivity index (χ2v) is 5.19. The number of hydrogen-bond acceptors (Lipinski definition) is 4. The van der Waals surface area contributed by atoms with Gasteiger partial charge in [-0.15, -0.1) is 0 Å². The van der Waals surface area contributed by atoms with Crippen LogP contribution in [0.2, 0.25) is 0 Å². The monoisotopic (exact) mass is 360 g/mol. The Morgan fingerprint density at radius 1 is 1.20 bits per heavy atom. The Morgan fingerprint density at radius 2 is 1.92 bits per heavy atom. The van der Waals surface area contributed by atoms with E-state index in [1.807, 2.05) is 12.2 Å². The third-order valence-electron chi connectivity index (χ3n) is 3.04. The second-order valence-electron chi connectivity index (χ2n) is 5.19. The van der Waals surface area contributed by atoms with E-state index in [1.165, 1.54) is 12.1 Å². The molecular weight excluding hydrogens is 341 g/mol. The highest BCUT2D eigenvalue weighted by Crippen LogP contribution is 2.29. The third-order valence-corrected chi connectivity index (χ3v) is 3.04. The molecule has 6 nitrogen and oxygen atoms in total. The molecule has 1 aromatic rings. The van der Waals surface area contributed by atoms with Gasteiger partial charge in [-0.2, -0.15) is 13.2 Å². The SMILES string of the molecule is CCCCNC(=O)NC(=O)COC(=O)Cc1cccc(C(F)(F)F)c1. The van der Waals surface area contributed by atoms with E-state index in [-0.39, 0.29) is 5.56 Å². The van der Waals surface area contributed by atoms with Crippen molar-refractivity contribution in [3.05, 3.63) is 35.4 Å². The number of halogens is 3. The first-order valence-electron chi connectivity index (χ1n) is 7.61. The number of ether oxygens (including phenoxy) is 1. The minimum Gasteiger partial charge on any atom is -0.455 e. The van der Waals surface area contributed by atoms with Crippen molar-refractivity contribution in [3.8, 4) is 0 Å². The Bertz CT molecular complexity index is 618. The van der Waals surface area contributed by atoms with Crippen molar-refractivity contribution in [2.24, 2.45) is 0 Å². The number of carbonyl (C=O) groups is 3. The van der Waals surface area contributed by atoms with Gasteiger partial charge in [-0.25, -0.2) is 4.79 Å². The molecule has 1 aromatic carbocycles. The highest BCUT2D eigenvalue weighted by Gasteiger charge is 2.30. The largest absolute Gasteiger partial charge is 0.455 e. The molecule has 0 aliphatic carbocycles. The summed E-state index contributed by atoms with van der Waals surface area (Å²) in [4.78, 5) is 34.3. The molecule has 2 N–H and O–H groups in total. The minimum absolute atomic E-state index is 0.109. The quantitative estimate of drug-likeness (QED) is 0.578. The first kappa shape index (κ1) is 20.5. The van der Waals surface area contributed by atoms with E-state index < -0.39 is 42.7 Å². The van der Waals surface area contributed by atoms with Crippen molar-refractivity contribution in [2.45, 2.75) is 32.4 Å². The number of hydrogen-bond donors (Lipinski definition) is 2. The fraction of sp³-hybridized carbons (Fsp3) is 0.438. The van der Waals surface area contributed by atoms with Crippen LogP contribution >= 0.6 is 0 Å².